The van der Waals surface area contributed by atoms with Crippen LogP contribution in [0.25, 0.3) is 11.4 Å². The molecule has 0 radical (unpaired) electrons. The Morgan fingerprint density at radius 2 is 1.70 bits per heavy atom. The third-order valence-electron chi connectivity index (χ3n) is 5.94. The summed E-state index contributed by atoms with van der Waals surface area (Å²) in [6.45, 7) is 0.948. The molecule has 0 atom stereocenters. The Morgan fingerprint density at radius 1 is 0.973 bits per heavy atom. The third-order valence-corrected chi connectivity index (χ3v) is 6.60. The number of benzene rings is 3. The number of aromatic nitrogens is 2. The van der Waals surface area contributed by atoms with Gasteiger partial charge < -0.3 is 21.1 Å². The zero-order valence-corrected chi connectivity index (χ0v) is 21.6. The van der Waals surface area contributed by atoms with E-state index >= 15 is 0 Å². The summed E-state index contributed by atoms with van der Waals surface area (Å²) in [6.07, 6.45) is 6.67. The normalized spacial score (nSPS) is 12.6. The van der Waals surface area contributed by atoms with Crippen LogP contribution < -0.4 is 21.1 Å². The van der Waals surface area contributed by atoms with Crippen LogP contribution >= 0.6 is 15.9 Å². The number of carbonyl (C=O) groups excluding carboxylic acids is 1. The van der Waals surface area contributed by atoms with Crippen LogP contribution in [0.2, 0.25) is 0 Å². The van der Waals surface area contributed by atoms with Gasteiger partial charge in [-0.15, -0.1) is 0 Å². The quantitative estimate of drug-likeness (QED) is 0.198. The van der Waals surface area contributed by atoms with E-state index in [1.807, 2.05) is 65.4 Å². The van der Waals surface area contributed by atoms with E-state index in [2.05, 4.69) is 37.7 Å². The Hall–Kier alpha value is -4.30. The van der Waals surface area contributed by atoms with E-state index in [0.717, 1.165) is 38.6 Å². The highest BCUT2D eigenvalue weighted by molar-refractivity contribution is 9.10. The van der Waals surface area contributed by atoms with Crippen LogP contribution in [0, 0.1) is 0 Å². The maximum Gasteiger partial charge on any atom is 0.251 e. The van der Waals surface area contributed by atoms with Gasteiger partial charge in [0, 0.05) is 36.3 Å². The van der Waals surface area contributed by atoms with Crippen LogP contribution in [-0.2, 0) is 6.42 Å². The number of nitrogens with one attached hydrogen (secondary N) is 2. The lowest BCUT2D eigenvalue weighted by Crippen LogP contribution is -2.32. The van der Waals surface area contributed by atoms with Gasteiger partial charge in [0.15, 0.2) is 0 Å². The van der Waals surface area contributed by atoms with Gasteiger partial charge in [-0.1, -0.05) is 42.5 Å². The molecule has 0 spiro atoms. The summed E-state index contributed by atoms with van der Waals surface area (Å²) in [7, 11) is 0. The molecule has 0 fully saturated rings. The average molecular weight is 556 g/mol. The molecule has 1 amide bonds. The maximum absolute atomic E-state index is 12.7. The van der Waals surface area contributed by atoms with Crippen molar-refractivity contribution in [3.8, 4) is 11.5 Å². The number of nitrogens with zero attached hydrogens (tertiary/aromatic N) is 2. The predicted molar refractivity (Wildman–Crippen MR) is 150 cm³/mol. The number of ether oxygens (including phenoxy) is 1. The van der Waals surface area contributed by atoms with Gasteiger partial charge in [-0.3, -0.25) is 4.79 Å². The van der Waals surface area contributed by atoms with Gasteiger partial charge in [0.2, 0.25) is 0 Å². The molecule has 4 N–H and O–H groups in total. The molecule has 3 aromatic carbocycles. The van der Waals surface area contributed by atoms with Crippen molar-refractivity contribution in [2.45, 2.75) is 6.42 Å². The largest absolute Gasteiger partial charge is 0.457 e. The number of para-hydroxylation sites is 2. The summed E-state index contributed by atoms with van der Waals surface area (Å²) in [6, 6.07) is 24.4. The zero-order chi connectivity index (χ0) is 25.6. The van der Waals surface area contributed by atoms with Crippen LogP contribution in [-0.4, -0.2) is 28.8 Å². The van der Waals surface area contributed by atoms with Crippen molar-refractivity contribution in [2.24, 2.45) is 0 Å². The number of fused-ring (bicyclic) bond motifs is 1. The molecule has 186 valence electrons. The van der Waals surface area contributed by atoms with Crippen LogP contribution in [0.1, 0.15) is 21.6 Å². The number of nitrogen functional groups attached to an aromatic ring is 1. The standard InChI is InChI=1S/C29H26BrN5O2/c30-25-19-34-35-27(25)15-12-21(24-8-4-5-9-26(24)31)18-28(35)32-16-17-33-29(36)20-10-13-23(14-11-20)37-22-6-2-1-3-7-22/h1-14,18-19,32H,15-17,31H2,(H,33,36). The molecule has 0 saturated heterocycles. The Morgan fingerprint density at radius 3 is 2.49 bits per heavy atom. The highest BCUT2D eigenvalue weighted by atomic mass is 79.9. The summed E-state index contributed by atoms with van der Waals surface area (Å²) in [4.78, 5) is 12.7. The number of carbonyl (C=O) groups is 1. The Balaban J connectivity index is 1.21. The van der Waals surface area contributed by atoms with Crippen LogP contribution in [0.3, 0.4) is 0 Å². The molecule has 8 heteroatoms. The number of anilines is 1. The molecule has 2 heterocycles. The van der Waals surface area contributed by atoms with E-state index in [1.165, 1.54) is 0 Å². The van der Waals surface area contributed by atoms with Crippen LogP contribution in [0.5, 0.6) is 11.5 Å². The number of nitrogens with two attached hydrogens (primary N) is 1. The summed E-state index contributed by atoms with van der Waals surface area (Å²) >= 11 is 3.60. The fraction of sp³-hybridized carbons (Fsp3) is 0.103. The fourth-order valence-corrected chi connectivity index (χ4v) is 4.48. The second-order valence-electron chi connectivity index (χ2n) is 8.45. The first-order valence-electron chi connectivity index (χ1n) is 11.9. The van der Waals surface area contributed by atoms with Gasteiger partial charge in [0.05, 0.1) is 16.4 Å². The lowest BCUT2D eigenvalue weighted by Gasteiger charge is -2.14. The molecule has 0 saturated carbocycles. The number of rotatable bonds is 8. The SMILES string of the molecule is Nc1ccccc1C1=CCc2c(Br)cnn2C(NCCNC(=O)c2ccc(Oc3ccccc3)cc2)=C1. The number of halogens is 1. The lowest BCUT2D eigenvalue weighted by molar-refractivity contribution is 0.0954. The monoisotopic (exact) mass is 555 g/mol. The van der Waals surface area contributed by atoms with Crippen molar-refractivity contribution in [2.75, 3.05) is 18.8 Å². The first-order chi connectivity index (χ1) is 18.1. The summed E-state index contributed by atoms with van der Waals surface area (Å²) in [5.41, 5.74) is 10.5. The van der Waals surface area contributed by atoms with E-state index in [0.29, 0.717) is 30.8 Å². The van der Waals surface area contributed by atoms with Crippen molar-refractivity contribution in [3.63, 3.8) is 0 Å². The third kappa shape index (κ3) is 5.76. The summed E-state index contributed by atoms with van der Waals surface area (Å²) in [5, 5.41) is 10.9. The number of hydrogen-bond donors (Lipinski definition) is 3. The smallest absolute Gasteiger partial charge is 0.251 e. The van der Waals surface area contributed by atoms with Crippen molar-refractivity contribution >= 4 is 38.9 Å². The second-order valence-corrected chi connectivity index (χ2v) is 9.31. The van der Waals surface area contributed by atoms with E-state index in [9.17, 15) is 4.79 Å². The second kappa shape index (κ2) is 11.2. The lowest BCUT2D eigenvalue weighted by atomic mass is 10.0. The van der Waals surface area contributed by atoms with E-state index < -0.39 is 0 Å². The summed E-state index contributed by atoms with van der Waals surface area (Å²) in [5.74, 6) is 2.08. The van der Waals surface area contributed by atoms with Crippen molar-refractivity contribution in [3.05, 3.63) is 119 Å². The molecular weight excluding hydrogens is 530 g/mol. The summed E-state index contributed by atoms with van der Waals surface area (Å²) < 4.78 is 8.61. The topological polar surface area (TPSA) is 94.2 Å². The molecular formula is C29H26BrN5O2. The first kappa shape index (κ1) is 24.4. The number of amides is 1. The van der Waals surface area contributed by atoms with Crippen molar-refractivity contribution < 1.29 is 9.53 Å². The highest BCUT2D eigenvalue weighted by Gasteiger charge is 2.17. The molecule has 1 aliphatic rings. The predicted octanol–water partition coefficient (Wildman–Crippen LogP) is 5.48. The molecule has 37 heavy (non-hydrogen) atoms. The van der Waals surface area contributed by atoms with Gasteiger partial charge in [-0.25, -0.2) is 4.68 Å². The van der Waals surface area contributed by atoms with E-state index in [4.69, 9.17) is 10.5 Å². The van der Waals surface area contributed by atoms with Gasteiger partial charge in [0.1, 0.15) is 17.3 Å². The van der Waals surface area contributed by atoms with Gasteiger partial charge in [-0.2, -0.15) is 5.10 Å². The minimum Gasteiger partial charge on any atom is -0.457 e. The molecule has 0 bridgehead atoms. The van der Waals surface area contributed by atoms with Gasteiger partial charge in [0.25, 0.3) is 5.91 Å². The highest BCUT2D eigenvalue weighted by Crippen LogP contribution is 2.29. The minimum absolute atomic E-state index is 0.150. The molecule has 0 aliphatic carbocycles. The molecule has 7 nitrogen and oxygen atoms in total. The Kier molecular flexibility index (Phi) is 7.37. The van der Waals surface area contributed by atoms with E-state index in [1.54, 1.807) is 30.5 Å². The van der Waals surface area contributed by atoms with Crippen molar-refractivity contribution in [1.29, 1.82) is 0 Å². The molecule has 1 aromatic heterocycles. The minimum atomic E-state index is -0.150. The fourth-order valence-electron chi connectivity index (χ4n) is 4.06. The first-order valence-corrected chi connectivity index (χ1v) is 12.7. The maximum atomic E-state index is 12.7. The van der Waals surface area contributed by atoms with Crippen molar-refractivity contribution in [1.82, 2.24) is 20.4 Å². The average Bonchev–Trinajstić information content (AvgIpc) is 3.18. The molecule has 4 aromatic rings. The Bertz CT molecular complexity index is 1460. The molecule has 1 aliphatic heterocycles. The van der Waals surface area contributed by atoms with Gasteiger partial charge >= 0.3 is 0 Å². The van der Waals surface area contributed by atoms with Gasteiger partial charge in [-0.05, 0) is 70.0 Å². The van der Waals surface area contributed by atoms with E-state index in [-0.39, 0.29) is 5.91 Å². The number of allylic oxidation sites excluding steroid dienone is 3. The molecule has 0 unspecified atom stereocenters. The molecule has 5 rings (SSSR count). The zero-order valence-electron chi connectivity index (χ0n) is 20.0. The Labute approximate surface area is 223 Å². The number of hydrogen-bond acceptors (Lipinski definition) is 5. The van der Waals surface area contributed by atoms with Crippen LogP contribution in [0.4, 0.5) is 5.69 Å². The van der Waals surface area contributed by atoms with Crippen LogP contribution in [0.15, 0.2) is 102 Å².